The van der Waals surface area contributed by atoms with Crippen molar-refractivity contribution in [2.24, 2.45) is 0 Å². The molecule has 0 aliphatic rings. The van der Waals surface area contributed by atoms with E-state index in [1.807, 2.05) is 60.7 Å². The highest BCUT2D eigenvalue weighted by Crippen LogP contribution is 2.23. The van der Waals surface area contributed by atoms with Crippen LogP contribution in [0.5, 0.6) is 5.75 Å². The van der Waals surface area contributed by atoms with Crippen LogP contribution in [0.4, 0.5) is 4.39 Å². The van der Waals surface area contributed by atoms with E-state index in [1.54, 1.807) is 6.08 Å². The monoisotopic (exact) mass is 318 g/mol. The number of aromatic hydroxyl groups is 1. The molecule has 0 radical (unpaired) electrons. The van der Waals surface area contributed by atoms with Crippen LogP contribution in [0.25, 0.3) is 23.3 Å². The Morgan fingerprint density at radius 2 is 1.42 bits per heavy atom. The number of rotatable bonds is 4. The van der Waals surface area contributed by atoms with Gasteiger partial charge in [0.25, 0.3) is 0 Å². The quantitative estimate of drug-likeness (QED) is 0.531. The largest absolute Gasteiger partial charge is 0.504 e. The highest BCUT2D eigenvalue weighted by atomic mass is 19.1. The lowest BCUT2D eigenvalue weighted by Gasteiger charge is -2.03. The first-order valence-electron chi connectivity index (χ1n) is 7.48. The maximum absolute atomic E-state index is 13.6. The van der Waals surface area contributed by atoms with E-state index in [0.717, 1.165) is 16.7 Å². The number of benzene rings is 3. The Labute approximate surface area is 139 Å². The van der Waals surface area contributed by atoms with Gasteiger partial charge in [-0.15, -0.1) is 0 Å². The van der Waals surface area contributed by atoms with Crippen molar-refractivity contribution in [1.82, 2.24) is 0 Å². The minimum absolute atomic E-state index is 0.0610. The van der Waals surface area contributed by atoms with Crippen LogP contribution >= 0.6 is 0 Å². The molecule has 3 aromatic rings. The third kappa shape index (κ3) is 3.41. The first-order chi connectivity index (χ1) is 11.7. The average molecular weight is 318 g/mol. The number of phenols is 1. The Balaban J connectivity index is 1.83. The highest BCUT2D eigenvalue weighted by molar-refractivity contribution is 5.82. The Morgan fingerprint density at radius 1 is 0.792 bits per heavy atom. The van der Waals surface area contributed by atoms with E-state index in [9.17, 15) is 14.3 Å². The summed E-state index contributed by atoms with van der Waals surface area (Å²) >= 11 is 0. The summed E-state index contributed by atoms with van der Waals surface area (Å²) in [5.41, 5.74) is 3.67. The van der Waals surface area contributed by atoms with Gasteiger partial charge in [0.1, 0.15) is 0 Å². The van der Waals surface area contributed by atoms with Gasteiger partial charge in [0.15, 0.2) is 17.9 Å². The number of carbonyl (C=O) groups excluding carboxylic acids is 1. The Hall–Kier alpha value is -3.20. The van der Waals surface area contributed by atoms with Gasteiger partial charge in [-0.3, -0.25) is 4.79 Å². The van der Waals surface area contributed by atoms with Crippen molar-refractivity contribution in [3.63, 3.8) is 0 Å². The molecule has 0 unspecified atom stereocenters. The molecule has 3 rings (SSSR count). The topological polar surface area (TPSA) is 37.3 Å². The molecule has 2 nitrogen and oxygen atoms in total. The van der Waals surface area contributed by atoms with Crippen molar-refractivity contribution < 1.29 is 14.3 Å². The predicted octanol–water partition coefficient (Wildman–Crippen LogP) is 5.18. The van der Waals surface area contributed by atoms with Crippen LogP contribution in [-0.4, -0.2) is 11.4 Å². The molecule has 3 heteroatoms. The number of aldehydes is 1. The molecule has 0 fully saturated rings. The minimum atomic E-state index is -0.807. The van der Waals surface area contributed by atoms with Gasteiger partial charge >= 0.3 is 0 Å². The summed E-state index contributed by atoms with van der Waals surface area (Å²) in [6.07, 6.45) is 3.96. The second-order valence-electron chi connectivity index (χ2n) is 5.38. The van der Waals surface area contributed by atoms with E-state index < -0.39 is 11.6 Å². The molecule has 0 spiro atoms. The third-order valence-electron chi connectivity index (χ3n) is 3.73. The summed E-state index contributed by atoms with van der Waals surface area (Å²) in [4.78, 5) is 10.8. The smallest absolute Gasteiger partial charge is 0.166 e. The molecular formula is C21H15FO2. The van der Waals surface area contributed by atoms with Crippen molar-refractivity contribution in [3.8, 4) is 16.9 Å². The van der Waals surface area contributed by atoms with E-state index in [0.29, 0.717) is 11.8 Å². The van der Waals surface area contributed by atoms with Crippen molar-refractivity contribution in [1.29, 1.82) is 0 Å². The van der Waals surface area contributed by atoms with E-state index in [2.05, 4.69) is 0 Å². The number of phenolic OH excluding ortho intramolecular Hbond substituents is 1. The molecule has 0 amide bonds. The SMILES string of the molecule is O=Cc1cc(/C=C/c2ccc(-c3ccccc3)cc2)cc(F)c1O. The summed E-state index contributed by atoms with van der Waals surface area (Å²) < 4.78 is 13.6. The minimum Gasteiger partial charge on any atom is -0.504 e. The van der Waals surface area contributed by atoms with Gasteiger partial charge < -0.3 is 5.11 Å². The zero-order valence-electron chi connectivity index (χ0n) is 12.8. The van der Waals surface area contributed by atoms with Gasteiger partial charge in [-0.1, -0.05) is 66.7 Å². The molecule has 0 saturated carbocycles. The van der Waals surface area contributed by atoms with E-state index in [-0.39, 0.29) is 5.56 Å². The fourth-order valence-electron chi connectivity index (χ4n) is 2.44. The zero-order valence-corrected chi connectivity index (χ0v) is 12.8. The molecule has 1 N–H and O–H groups in total. The fraction of sp³-hybridized carbons (Fsp3) is 0. The summed E-state index contributed by atoms with van der Waals surface area (Å²) in [6.45, 7) is 0. The molecule has 0 aliphatic carbocycles. The summed E-state index contributed by atoms with van der Waals surface area (Å²) in [5, 5.41) is 9.42. The molecular weight excluding hydrogens is 303 g/mol. The van der Waals surface area contributed by atoms with E-state index in [4.69, 9.17) is 0 Å². The molecule has 3 aromatic carbocycles. The van der Waals surface area contributed by atoms with Gasteiger partial charge in [0.05, 0.1) is 5.56 Å². The summed E-state index contributed by atoms with van der Waals surface area (Å²) in [6, 6.07) is 20.7. The van der Waals surface area contributed by atoms with Crippen molar-refractivity contribution in [3.05, 3.63) is 89.2 Å². The first kappa shape index (κ1) is 15.7. The number of halogens is 1. The molecule has 0 saturated heterocycles. The third-order valence-corrected chi connectivity index (χ3v) is 3.73. The molecule has 0 bridgehead atoms. The zero-order chi connectivity index (χ0) is 16.9. The van der Waals surface area contributed by atoms with Crippen LogP contribution in [0.2, 0.25) is 0 Å². The fourth-order valence-corrected chi connectivity index (χ4v) is 2.44. The number of hydrogen-bond donors (Lipinski definition) is 1. The Morgan fingerprint density at radius 3 is 2.08 bits per heavy atom. The number of carbonyl (C=O) groups is 1. The van der Waals surface area contributed by atoms with E-state index >= 15 is 0 Å². The van der Waals surface area contributed by atoms with E-state index in [1.165, 1.54) is 12.1 Å². The normalized spacial score (nSPS) is 10.9. The molecule has 0 aliphatic heterocycles. The second-order valence-corrected chi connectivity index (χ2v) is 5.38. The van der Waals surface area contributed by atoms with Crippen molar-refractivity contribution in [2.45, 2.75) is 0 Å². The first-order valence-corrected chi connectivity index (χ1v) is 7.48. The van der Waals surface area contributed by atoms with Crippen LogP contribution in [0, 0.1) is 5.82 Å². The van der Waals surface area contributed by atoms with Gasteiger partial charge in [-0.2, -0.15) is 0 Å². The average Bonchev–Trinajstić information content (AvgIpc) is 2.63. The second kappa shape index (κ2) is 6.92. The standard InChI is InChI=1S/C21H15FO2/c22-20-13-16(12-19(14-23)21(20)24)7-6-15-8-10-18(11-9-15)17-4-2-1-3-5-17/h1-14,24H/b7-6+. The predicted molar refractivity (Wildman–Crippen MR) is 94.3 cm³/mol. The van der Waals surface area contributed by atoms with Gasteiger partial charge in [-0.05, 0) is 34.4 Å². The maximum atomic E-state index is 13.6. The number of hydrogen-bond acceptors (Lipinski definition) is 2. The lowest BCUT2D eigenvalue weighted by molar-refractivity contribution is 0.112. The summed E-state index contributed by atoms with van der Waals surface area (Å²) in [5.74, 6) is -1.42. The molecule has 0 aromatic heterocycles. The van der Waals surface area contributed by atoms with Gasteiger partial charge in [-0.25, -0.2) is 4.39 Å². The van der Waals surface area contributed by atoms with Crippen LogP contribution in [-0.2, 0) is 0 Å². The van der Waals surface area contributed by atoms with Crippen LogP contribution in [0.15, 0.2) is 66.7 Å². The molecule has 0 atom stereocenters. The summed E-state index contributed by atoms with van der Waals surface area (Å²) in [7, 11) is 0. The Kier molecular flexibility index (Phi) is 4.52. The van der Waals surface area contributed by atoms with Crippen molar-refractivity contribution in [2.75, 3.05) is 0 Å². The molecule has 0 heterocycles. The molecule has 24 heavy (non-hydrogen) atoms. The Bertz CT molecular complexity index is 882. The van der Waals surface area contributed by atoms with Gasteiger partial charge in [0, 0.05) is 0 Å². The lowest BCUT2D eigenvalue weighted by atomic mass is 10.0. The van der Waals surface area contributed by atoms with Crippen molar-refractivity contribution >= 4 is 18.4 Å². The van der Waals surface area contributed by atoms with Crippen LogP contribution in [0.3, 0.4) is 0 Å². The maximum Gasteiger partial charge on any atom is 0.166 e. The van der Waals surface area contributed by atoms with Crippen LogP contribution < -0.4 is 0 Å². The highest BCUT2D eigenvalue weighted by Gasteiger charge is 2.07. The lowest BCUT2D eigenvalue weighted by Crippen LogP contribution is -1.88. The molecule has 118 valence electrons. The van der Waals surface area contributed by atoms with Crippen LogP contribution in [0.1, 0.15) is 21.5 Å². The van der Waals surface area contributed by atoms with Gasteiger partial charge in [0.2, 0.25) is 0 Å².